The van der Waals surface area contributed by atoms with Crippen molar-refractivity contribution >= 4 is 0 Å². The number of phenolic OH excluding ortho intramolecular Hbond substituents is 1. The Morgan fingerprint density at radius 3 is 2.70 bits per heavy atom. The Morgan fingerprint density at radius 1 is 1.35 bits per heavy atom. The molecule has 4 atom stereocenters. The first-order valence-electron chi connectivity index (χ1n) is 7.12. The Bertz CT molecular complexity index is 554. The molecule has 4 nitrogen and oxygen atoms in total. The van der Waals surface area contributed by atoms with Gasteiger partial charge in [-0.2, -0.15) is 0 Å². The molecule has 1 aromatic carbocycles. The van der Waals surface area contributed by atoms with Gasteiger partial charge in [0.15, 0.2) is 0 Å². The second-order valence-electron chi connectivity index (χ2n) is 6.11. The largest absolute Gasteiger partial charge is 0.508 e. The first kappa shape index (κ1) is 13.7. The van der Waals surface area contributed by atoms with Crippen molar-refractivity contribution in [1.29, 1.82) is 0 Å². The molecule has 0 aliphatic carbocycles. The standard InChI is InChI=1S/C16H22O4/c1-8-10(3)19-13-7-16(4,18-5)20-12-6-11(17)9(2)14(8)15(12)13/h6,8,10,13,17H,7H2,1-5H3/t8-,10-,13-,16-/m1/s1. The molecule has 110 valence electrons. The Morgan fingerprint density at radius 2 is 2.05 bits per heavy atom. The van der Waals surface area contributed by atoms with Gasteiger partial charge < -0.3 is 19.3 Å². The van der Waals surface area contributed by atoms with Gasteiger partial charge in [-0.1, -0.05) is 6.92 Å². The molecule has 0 fully saturated rings. The topological polar surface area (TPSA) is 47.9 Å². The molecule has 0 spiro atoms. The summed E-state index contributed by atoms with van der Waals surface area (Å²) in [5.74, 6) is 0.487. The van der Waals surface area contributed by atoms with Crippen LogP contribution < -0.4 is 4.74 Å². The predicted octanol–water partition coefficient (Wildman–Crippen LogP) is 3.41. The number of hydrogen-bond donors (Lipinski definition) is 1. The summed E-state index contributed by atoms with van der Waals surface area (Å²) in [5, 5.41) is 10.2. The van der Waals surface area contributed by atoms with Crippen LogP contribution in [0.1, 0.15) is 55.9 Å². The van der Waals surface area contributed by atoms with Crippen molar-refractivity contribution in [2.75, 3.05) is 7.11 Å². The van der Waals surface area contributed by atoms with Crippen molar-refractivity contribution in [3.63, 3.8) is 0 Å². The van der Waals surface area contributed by atoms with E-state index in [4.69, 9.17) is 14.2 Å². The maximum Gasteiger partial charge on any atom is 0.210 e. The lowest BCUT2D eigenvalue weighted by Crippen LogP contribution is -2.43. The van der Waals surface area contributed by atoms with Crippen molar-refractivity contribution in [2.45, 2.75) is 58.0 Å². The van der Waals surface area contributed by atoms with Crippen LogP contribution in [-0.4, -0.2) is 24.1 Å². The second kappa shape index (κ2) is 4.37. The minimum absolute atomic E-state index is 0.0378. The third-order valence-corrected chi connectivity index (χ3v) is 4.79. The zero-order chi connectivity index (χ0) is 14.7. The summed E-state index contributed by atoms with van der Waals surface area (Å²) < 4.78 is 17.6. The Kier molecular flexibility index (Phi) is 2.99. The van der Waals surface area contributed by atoms with Crippen LogP contribution >= 0.6 is 0 Å². The fourth-order valence-electron chi connectivity index (χ4n) is 3.35. The van der Waals surface area contributed by atoms with E-state index in [1.807, 2.05) is 13.8 Å². The molecule has 0 bridgehead atoms. The van der Waals surface area contributed by atoms with Crippen molar-refractivity contribution in [2.24, 2.45) is 0 Å². The van der Waals surface area contributed by atoms with Gasteiger partial charge in [0, 0.05) is 38.0 Å². The van der Waals surface area contributed by atoms with Gasteiger partial charge in [0.25, 0.3) is 0 Å². The molecule has 0 radical (unpaired) electrons. The number of aromatic hydroxyl groups is 1. The highest BCUT2D eigenvalue weighted by Gasteiger charge is 2.44. The zero-order valence-electron chi connectivity index (χ0n) is 12.7. The summed E-state index contributed by atoms with van der Waals surface area (Å²) >= 11 is 0. The van der Waals surface area contributed by atoms with Gasteiger partial charge in [0.1, 0.15) is 11.5 Å². The number of hydrogen-bond acceptors (Lipinski definition) is 4. The molecule has 0 amide bonds. The Balaban J connectivity index is 2.22. The normalized spacial score (nSPS) is 35.4. The molecule has 2 aliphatic rings. The molecular formula is C16H22O4. The predicted molar refractivity (Wildman–Crippen MR) is 75.2 cm³/mol. The van der Waals surface area contributed by atoms with Gasteiger partial charge >= 0.3 is 0 Å². The highest BCUT2D eigenvalue weighted by molar-refractivity contribution is 5.56. The van der Waals surface area contributed by atoms with E-state index in [9.17, 15) is 5.11 Å². The average molecular weight is 278 g/mol. The lowest BCUT2D eigenvalue weighted by Gasteiger charge is -2.45. The minimum atomic E-state index is -0.711. The third-order valence-electron chi connectivity index (χ3n) is 4.79. The summed E-state index contributed by atoms with van der Waals surface area (Å²) in [6.07, 6.45) is 0.731. The van der Waals surface area contributed by atoms with Crippen LogP contribution in [0.2, 0.25) is 0 Å². The molecule has 2 aliphatic heterocycles. The van der Waals surface area contributed by atoms with Gasteiger partial charge in [-0.05, 0) is 25.0 Å². The summed E-state index contributed by atoms with van der Waals surface area (Å²) in [6, 6.07) is 1.68. The van der Waals surface area contributed by atoms with Crippen LogP contribution in [0, 0.1) is 6.92 Å². The molecule has 3 rings (SSSR count). The second-order valence-corrected chi connectivity index (χ2v) is 6.11. The first-order valence-corrected chi connectivity index (χ1v) is 7.12. The third kappa shape index (κ3) is 1.82. The van der Waals surface area contributed by atoms with Gasteiger partial charge in [0.2, 0.25) is 5.79 Å². The smallest absolute Gasteiger partial charge is 0.210 e. The monoisotopic (exact) mass is 278 g/mol. The lowest BCUT2D eigenvalue weighted by molar-refractivity contribution is -0.197. The summed E-state index contributed by atoms with van der Waals surface area (Å²) in [4.78, 5) is 0. The van der Waals surface area contributed by atoms with Gasteiger partial charge in [-0.15, -0.1) is 0 Å². The van der Waals surface area contributed by atoms with Crippen LogP contribution in [0.3, 0.4) is 0 Å². The Hall–Kier alpha value is -1.26. The van der Waals surface area contributed by atoms with Gasteiger partial charge in [-0.25, -0.2) is 0 Å². The summed E-state index contributed by atoms with van der Waals surface area (Å²) in [7, 11) is 1.63. The summed E-state index contributed by atoms with van der Waals surface area (Å²) in [5.41, 5.74) is 3.18. The van der Waals surface area contributed by atoms with E-state index in [0.29, 0.717) is 12.2 Å². The van der Waals surface area contributed by atoms with Crippen LogP contribution in [0.15, 0.2) is 6.07 Å². The van der Waals surface area contributed by atoms with Gasteiger partial charge in [-0.3, -0.25) is 0 Å². The fraction of sp³-hybridized carbons (Fsp3) is 0.625. The SMILES string of the molecule is CO[C@@]1(C)C[C@H]2O[C@H](C)[C@@H](C)c3c(C)c(O)cc(c32)O1. The molecule has 0 saturated heterocycles. The molecule has 1 N–H and O–H groups in total. The van der Waals surface area contributed by atoms with E-state index in [1.54, 1.807) is 13.2 Å². The molecule has 4 heteroatoms. The average Bonchev–Trinajstić information content (AvgIpc) is 2.39. The number of phenols is 1. The van der Waals surface area contributed by atoms with Crippen molar-refractivity contribution < 1.29 is 19.3 Å². The number of methoxy groups -OCH3 is 1. The molecule has 0 unspecified atom stereocenters. The molecule has 2 heterocycles. The molecule has 0 saturated carbocycles. The minimum Gasteiger partial charge on any atom is -0.508 e. The molecule has 1 aromatic rings. The van der Waals surface area contributed by atoms with Crippen LogP contribution in [0.4, 0.5) is 0 Å². The zero-order valence-corrected chi connectivity index (χ0v) is 12.7. The maximum atomic E-state index is 10.2. The maximum absolute atomic E-state index is 10.2. The first-order chi connectivity index (χ1) is 9.36. The van der Waals surface area contributed by atoms with Crippen LogP contribution in [-0.2, 0) is 9.47 Å². The van der Waals surface area contributed by atoms with Crippen molar-refractivity contribution in [3.05, 3.63) is 22.8 Å². The lowest BCUT2D eigenvalue weighted by atomic mass is 9.80. The summed E-state index contributed by atoms with van der Waals surface area (Å²) in [6.45, 7) is 8.07. The van der Waals surface area contributed by atoms with E-state index in [2.05, 4.69) is 13.8 Å². The number of rotatable bonds is 1. The van der Waals surface area contributed by atoms with Crippen LogP contribution in [0.5, 0.6) is 11.5 Å². The van der Waals surface area contributed by atoms with E-state index in [1.165, 1.54) is 5.56 Å². The highest BCUT2D eigenvalue weighted by atomic mass is 16.7. The molecular weight excluding hydrogens is 256 g/mol. The fourth-order valence-corrected chi connectivity index (χ4v) is 3.35. The van der Waals surface area contributed by atoms with E-state index in [-0.39, 0.29) is 23.9 Å². The van der Waals surface area contributed by atoms with Gasteiger partial charge in [0.05, 0.1) is 12.2 Å². The highest BCUT2D eigenvalue weighted by Crippen LogP contribution is 2.52. The van der Waals surface area contributed by atoms with Crippen molar-refractivity contribution in [1.82, 2.24) is 0 Å². The Labute approximate surface area is 119 Å². The quantitative estimate of drug-likeness (QED) is 0.855. The number of ether oxygens (including phenoxy) is 3. The molecule has 20 heavy (non-hydrogen) atoms. The van der Waals surface area contributed by atoms with E-state index in [0.717, 1.165) is 11.1 Å². The molecule has 0 aromatic heterocycles. The van der Waals surface area contributed by atoms with Crippen molar-refractivity contribution in [3.8, 4) is 11.5 Å². The van der Waals surface area contributed by atoms with E-state index >= 15 is 0 Å². The van der Waals surface area contributed by atoms with E-state index < -0.39 is 5.79 Å². The number of benzene rings is 1. The van der Waals surface area contributed by atoms with Crippen LogP contribution in [0.25, 0.3) is 0 Å².